The minimum Gasteiger partial charge on any atom is -0.0776 e. The molecule has 1 aromatic rings. The zero-order valence-electron chi connectivity index (χ0n) is 7.01. The second kappa shape index (κ2) is 3.75. The van der Waals surface area contributed by atoms with E-state index in [-0.39, 0.29) is 7.43 Å². The van der Waals surface area contributed by atoms with Crippen LogP contribution in [0.2, 0.25) is 0 Å². The lowest BCUT2D eigenvalue weighted by Gasteiger charge is -2.20. The Morgan fingerprint density at radius 2 is 1.83 bits per heavy atom. The van der Waals surface area contributed by atoms with Crippen LogP contribution in [0, 0.1) is 5.92 Å². The van der Waals surface area contributed by atoms with Gasteiger partial charge in [-0.2, -0.15) is 0 Å². The lowest BCUT2D eigenvalue weighted by molar-refractivity contribution is 0.501. The summed E-state index contributed by atoms with van der Waals surface area (Å²) in [5, 5.41) is 0. The predicted octanol–water partition coefficient (Wildman–Crippen LogP) is 3.45. The quantitative estimate of drug-likeness (QED) is 0.548. The standard InChI is InChI=1S/C11H14.CH4/c1-9-6-7-10-4-2-3-5-11(10)8-9;/h2-5,9H,6-8H2,1H3;1H4/t9-;/m0./s1. The molecule has 0 spiro atoms. The molecular weight excluding hydrogens is 144 g/mol. The number of benzene rings is 1. The molecule has 0 aliphatic heterocycles. The molecule has 0 N–H and O–H groups in total. The van der Waals surface area contributed by atoms with E-state index in [0.717, 1.165) is 5.92 Å². The maximum absolute atomic E-state index is 2.34. The summed E-state index contributed by atoms with van der Waals surface area (Å²) in [5.74, 6) is 0.893. The molecule has 0 heterocycles. The summed E-state index contributed by atoms with van der Waals surface area (Å²) in [4.78, 5) is 0. The number of fused-ring (bicyclic) bond motifs is 1. The molecule has 1 aliphatic carbocycles. The number of hydrogen-bond acceptors (Lipinski definition) is 0. The van der Waals surface area contributed by atoms with Gasteiger partial charge in [0.05, 0.1) is 0 Å². The van der Waals surface area contributed by atoms with Crippen molar-refractivity contribution in [2.75, 3.05) is 0 Å². The zero-order valence-corrected chi connectivity index (χ0v) is 7.01. The SMILES string of the molecule is C.C[C@H]1CCc2ccccc2C1. The van der Waals surface area contributed by atoms with E-state index in [1.165, 1.54) is 19.3 Å². The van der Waals surface area contributed by atoms with Gasteiger partial charge in [-0.25, -0.2) is 0 Å². The van der Waals surface area contributed by atoms with Gasteiger partial charge in [0, 0.05) is 0 Å². The fourth-order valence-electron chi connectivity index (χ4n) is 1.88. The highest BCUT2D eigenvalue weighted by molar-refractivity contribution is 5.29. The van der Waals surface area contributed by atoms with Crippen molar-refractivity contribution in [1.29, 1.82) is 0 Å². The van der Waals surface area contributed by atoms with Gasteiger partial charge in [-0.3, -0.25) is 0 Å². The smallest absolute Gasteiger partial charge is 0.0250 e. The van der Waals surface area contributed by atoms with Crippen LogP contribution < -0.4 is 0 Å². The maximum atomic E-state index is 2.34. The molecule has 2 rings (SSSR count). The van der Waals surface area contributed by atoms with Gasteiger partial charge in [-0.1, -0.05) is 38.6 Å². The Kier molecular flexibility index (Phi) is 2.91. The fraction of sp³-hybridized carbons (Fsp3) is 0.500. The van der Waals surface area contributed by atoms with Crippen molar-refractivity contribution in [1.82, 2.24) is 0 Å². The van der Waals surface area contributed by atoms with Gasteiger partial charge in [0.1, 0.15) is 0 Å². The summed E-state index contributed by atoms with van der Waals surface area (Å²) in [6.07, 6.45) is 3.95. The van der Waals surface area contributed by atoms with Crippen LogP contribution in [0.25, 0.3) is 0 Å². The number of hydrogen-bond donors (Lipinski definition) is 0. The highest BCUT2D eigenvalue weighted by Crippen LogP contribution is 2.24. The van der Waals surface area contributed by atoms with Crippen molar-refractivity contribution >= 4 is 0 Å². The van der Waals surface area contributed by atoms with E-state index in [0.29, 0.717) is 0 Å². The molecule has 12 heavy (non-hydrogen) atoms. The van der Waals surface area contributed by atoms with Crippen molar-refractivity contribution in [3.8, 4) is 0 Å². The van der Waals surface area contributed by atoms with Crippen LogP contribution in [0.15, 0.2) is 24.3 Å². The van der Waals surface area contributed by atoms with Crippen LogP contribution >= 0.6 is 0 Å². The fourth-order valence-corrected chi connectivity index (χ4v) is 1.88. The first kappa shape index (κ1) is 9.31. The van der Waals surface area contributed by atoms with Crippen molar-refractivity contribution in [2.45, 2.75) is 33.6 Å². The Hall–Kier alpha value is -0.780. The highest BCUT2D eigenvalue weighted by atomic mass is 14.2. The third kappa shape index (κ3) is 1.69. The molecule has 0 radical (unpaired) electrons. The molecule has 1 atom stereocenters. The Balaban J connectivity index is 0.000000720. The molecule has 0 fully saturated rings. The van der Waals surface area contributed by atoms with Crippen LogP contribution in [-0.4, -0.2) is 0 Å². The molecule has 0 unspecified atom stereocenters. The first-order chi connectivity index (χ1) is 5.36. The van der Waals surface area contributed by atoms with Gasteiger partial charge in [0.2, 0.25) is 0 Å². The zero-order chi connectivity index (χ0) is 7.68. The molecule has 1 aliphatic rings. The van der Waals surface area contributed by atoms with Crippen molar-refractivity contribution < 1.29 is 0 Å². The molecule has 0 amide bonds. The van der Waals surface area contributed by atoms with E-state index in [9.17, 15) is 0 Å². The summed E-state index contributed by atoms with van der Waals surface area (Å²) in [6.45, 7) is 2.34. The summed E-state index contributed by atoms with van der Waals surface area (Å²) >= 11 is 0. The van der Waals surface area contributed by atoms with Crippen LogP contribution in [-0.2, 0) is 12.8 Å². The number of aryl methyl sites for hydroxylation is 1. The molecular formula is C12H18. The van der Waals surface area contributed by atoms with Crippen LogP contribution in [0.5, 0.6) is 0 Å². The molecule has 0 aromatic heterocycles. The first-order valence-corrected chi connectivity index (χ1v) is 4.43. The molecule has 0 saturated carbocycles. The van der Waals surface area contributed by atoms with Crippen LogP contribution in [0.4, 0.5) is 0 Å². The first-order valence-electron chi connectivity index (χ1n) is 4.43. The van der Waals surface area contributed by atoms with Gasteiger partial charge in [0.15, 0.2) is 0 Å². The van der Waals surface area contributed by atoms with Gasteiger partial charge in [-0.15, -0.1) is 0 Å². The van der Waals surface area contributed by atoms with Gasteiger partial charge in [0.25, 0.3) is 0 Å². The van der Waals surface area contributed by atoms with Gasteiger partial charge in [-0.05, 0) is 36.3 Å². The second-order valence-electron chi connectivity index (χ2n) is 3.62. The normalized spacial score (nSPS) is 20.9. The molecule has 0 bridgehead atoms. The third-order valence-electron chi connectivity index (χ3n) is 2.59. The maximum Gasteiger partial charge on any atom is -0.0250 e. The molecule has 0 heteroatoms. The Morgan fingerprint density at radius 3 is 2.58 bits per heavy atom. The van der Waals surface area contributed by atoms with E-state index in [1.54, 1.807) is 11.1 Å². The third-order valence-corrected chi connectivity index (χ3v) is 2.59. The Bertz CT molecular complexity index is 250. The minimum absolute atomic E-state index is 0. The van der Waals surface area contributed by atoms with E-state index in [4.69, 9.17) is 0 Å². The van der Waals surface area contributed by atoms with Gasteiger partial charge >= 0.3 is 0 Å². The molecule has 1 aromatic carbocycles. The van der Waals surface area contributed by atoms with E-state index >= 15 is 0 Å². The van der Waals surface area contributed by atoms with E-state index in [1.807, 2.05) is 0 Å². The summed E-state index contributed by atoms with van der Waals surface area (Å²) in [6, 6.07) is 8.83. The lowest BCUT2D eigenvalue weighted by Crippen LogP contribution is -2.10. The van der Waals surface area contributed by atoms with Gasteiger partial charge < -0.3 is 0 Å². The molecule has 66 valence electrons. The second-order valence-corrected chi connectivity index (χ2v) is 3.62. The Labute approximate surface area is 75.6 Å². The monoisotopic (exact) mass is 162 g/mol. The number of rotatable bonds is 0. The largest absolute Gasteiger partial charge is 0.0776 e. The summed E-state index contributed by atoms with van der Waals surface area (Å²) in [5.41, 5.74) is 3.15. The van der Waals surface area contributed by atoms with Crippen molar-refractivity contribution in [2.24, 2.45) is 5.92 Å². The lowest BCUT2D eigenvalue weighted by atomic mass is 9.85. The average molecular weight is 162 g/mol. The van der Waals surface area contributed by atoms with E-state index in [2.05, 4.69) is 31.2 Å². The van der Waals surface area contributed by atoms with E-state index < -0.39 is 0 Å². The molecule has 0 saturated heterocycles. The average Bonchev–Trinajstić information content (AvgIpc) is 2.04. The predicted molar refractivity (Wildman–Crippen MR) is 54.4 cm³/mol. The summed E-state index contributed by atoms with van der Waals surface area (Å²) in [7, 11) is 0. The van der Waals surface area contributed by atoms with Crippen LogP contribution in [0.1, 0.15) is 31.9 Å². The molecule has 0 nitrogen and oxygen atoms in total. The van der Waals surface area contributed by atoms with Crippen LogP contribution in [0.3, 0.4) is 0 Å². The minimum atomic E-state index is 0. The highest BCUT2D eigenvalue weighted by Gasteiger charge is 2.13. The summed E-state index contributed by atoms with van der Waals surface area (Å²) < 4.78 is 0. The van der Waals surface area contributed by atoms with Crippen molar-refractivity contribution in [3.05, 3.63) is 35.4 Å². The topological polar surface area (TPSA) is 0 Å². The Morgan fingerprint density at radius 1 is 1.17 bits per heavy atom. The van der Waals surface area contributed by atoms with Crippen molar-refractivity contribution in [3.63, 3.8) is 0 Å².